The van der Waals surface area contributed by atoms with E-state index in [1.165, 1.54) is 12.1 Å². The number of rotatable bonds is 2. The highest BCUT2D eigenvalue weighted by Gasteiger charge is 2.57. The first-order chi connectivity index (χ1) is 14.7. The van der Waals surface area contributed by atoms with E-state index in [-0.39, 0.29) is 18.3 Å². The summed E-state index contributed by atoms with van der Waals surface area (Å²) in [5, 5.41) is 0. The lowest BCUT2D eigenvalue weighted by Gasteiger charge is -2.24. The molecule has 0 bridgehead atoms. The number of fused-ring (bicyclic) bond motifs is 5. The largest absolute Gasteiger partial charge is 0.491 e. The number of benzene rings is 3. The number of ether oxygens (including phenoxy) is 3. The summed E-state index contributed by atoms with van der Waals surface area (Å²) < 4.78 is 30.8. The van der Waals surface area contributed by atoms with E-state index in [1.54, 1.807) is 17.0 Å². The molecule has 0 saturated carbocycles. The van der Waals surface area contributed by atoms with Gasteiger partial charge in [0.25, 0.3) is 0 Å². The molecule has 0 aromatic heterocycles. The third-order valence-electron chi connectivity index (χ3n) is 6.07. The first kappa shape index (κ1) is 17.3. The Labute approximate surface area is 172 Å². The number of hydrogen-bond acceptors (Lipinski definition) is 4. The molecule has 6 heteroatoms. The van der Waals surface area contributed by atoms with E-state index in [0.717, 1.165) is 22.4 Å². The topological polar surface area (TPSA) is 48.0 Å². The summed E-state index contributed by atoms with van der Waals surface area (Å²) in [5.41, 5.74) is 2.48. The maximum atomic E-state index is 13.9. The van der Waals surface area contributed by atoms with Crippen molar-refractivity contribution < 1.29 is 23.4 Å². The second kappa shape index (κ2) is 6.23. The fraction of sp³-hybridized carbons (Fsp3) is 0.208. The van der Waals surface area contributed by atoms with Crippen LogP contribution in [0.4, 0.5) is 10.1 Å². The van der Waals surface area contributed by atoms with Gasteiger partial charge in [0.1, 0.15) is 36.8 Å². The average molecular weight is 403 g/mol. The van der Waals surface area contributed by atoms with Crippen LogP contribution in [0.5, 0.6) is 17.2 Å². The smallest absolute Gasteiger partial charge is 0.246 e. The molecule has 0 saturated heterocycles. The Kier molecular flexibility index (Phi) is 3.60. The van der Waals surface area contributed by atoms with Crippen LogP contribution in [0.15, 0.2) is 60.7 Å². The van der Waals surface area contributed by atoms with Crippen molar-refractivity contribution in [1.82, 2.24) is 0 Å². The van der Waals surface area contributed by atoms with Gasteiger partial charge in [-0.1, -0.05) is 30.3 Å². The summed E-state index contributed by atoms with van der Waals surface area (Å²) in [5.74, 6) is 1.56. The van der Waals surface area contributed by atoms with Crippen LogP contribution in [0.2, 0.25) is 0 Å². The zero-order valence-corrected chi connectivity index (χ0v) is 16.1. The summed E-state index contributed by atoms with van der Waals surface area (Å²) in [7, 11) is 0. The van der Waals surface area contributed by atoms with Gasteiger partial charge in [0.05, 0.1) is 6.54 Å². The van der Waals surface area contributed by atoms with E-state index in [1.807, 2.05) is 36.4 Å². The third-order valence-corrected chi connectivity index (χ3v) is 6.07. The number of carbonyl (C=O) groups excluding carboxylic acids is 1. The third kappa shape index (κ3) is 2.30. The molecule has 1 atom stereocenters. The van der Waals surface area contributed by atoms with Gasteiger partial charge in [-0.25, -0.2) is 4.39 Å². The lowest BCUT2D eigenvalue weighted by molar-refractivity contribution is -0.122. The molecule has 5 nitrogen and oxygen atoms in total. The predicted molar refractivity (Wildman–Crippen MR) is 108 cm³/mol. The van der Waals surface area contributed by atoms with E-state index < -0.39 is 5.41 Å². The summed E-state index contributed by atoms with van der Waals surface area (Å²) in [6, 6.07) is 17.7. The molecule has 150 valence electrons. The molecular weight excluding hydrogens is 385 g/mol. The van der Waals surface area contributed by atoms with Crippen LogP contribution < -0.4 is 19.1 Å². The minimum absolute atomic E-state index is 0.0524. The minimum atomic E-state index is -0.929. The van der Waals surface area contributed by atoms with Crippen molar-refractivity contribution in [1.29, 1.82) is 0 Å². The monoisotopic (exact) mass is 403 g/mol. The van der Waals surface area contributed by atoms with Gasteiger partial charge >= 0.3 is 0 Å². The van der Waals surface area contributed by atoms with Crippen molar-refractivity contribution in [2.75, 3.05) is 24.7 Å². The van der Waals surface area contributed by atoms with Crippen LogP contribution in [-0.2, 0) is 16.8 Å². The summed E-state index contributed by atoms with van der Waals surface area (Å²) in [6.45, 7) is 1.55. The molecule has 3 heterocycles. The van der Waals surface area contributed by atoms with E-state index in [4.69, 9.17) is 14.2 Å². The maximum Gasteiger partial charge on any atom is 0.246 e. The molecular formula is C24H18FNO4. The Bertz CT molecular complexity index is 1180. The zero-order chi connectivity index (χ0) is 20.3. The zero-order valence-electron chi connectivity index (χ0n) is 16.1. The molecule has 1 unspecified atom stereocenters. The normalized spacial score (nSPS) is 20.8. The fourth-order valence-electron chi connectivity index (χ4n) is 4.64. The van der Waals surface area contributed by atoms with Gasteiger partial charge in [-0.15, -0.1) is 0 Å². The predicted octanol–water partition coefficient (Wildman–Crippen LogP) is 3.82. The van der Waals surface area contributed by atoms with Gasteiger partial charge in [0.2, 0.25) is 5.91 Å². The highest BCUT2D eigenvalue weighted by Crippen LogP contribution is 2.54. The second-order valence-corrected chi connectivity index (χ2v) is 7.72. The second-order valence-electron chi connectivity index (χ2n) is 7.72. The number of hydrogen-bond donors (Lipinski definition) is 0. The van der Waals surface area contributed by atoms with Gasteiger partial charge in [-0.2, -0.15) is 0 Å². The Morgan fingerprint density at radius 3 is 2.40 bits per heavy atom. The van der Waals surface area contributed by atoms with E-state index in [2.05, 4.69) is 0 Å². The van der Waals surface area contributed by atoms with Crippen molar-refractivity contribution in [3.05, 3.63) is 83.2 Å². The van der Waals surface area contributed by atoms with Gasteiger partial charge < -0.3 is 19.1 Å². The van der Waals surface area contributed by atoms with Gasteiger partial charge in [0, 0.05) is 17.3 Å². The fourth-order valence-corrected chi connectivity index (χ4v) is 4.64. The number of carbonyl (C=O) groups is 1. The average Bonchev–Trinajstić information content (AvgIpc) is 3.26. The highest BCUT2D eigenvalue weighted by atomic mass is 19.1. The number of halogens is 1. The van der Waals surface area contributed by atoms with Crippen LogP contribution in [0.25, 0.3) is 0 Å². The van der Waals surface area contributed by atoms with Crippen molar-refractivity contribution in [3.8, 4) is 17.2 Å². The number of nitrogens with zero attached hydrogens (tertiary/aromatic N) is 1. The van der Waals surface area contributed by atoms with Crippen LogP contribution >= 0.6 is 0 Å². The van der Waals surface area contributed by atoms with Gasteiger partial charge in [-0.3, -0.25) is 4.79 Å². The SMILES string of the molecule is O=C1N(Cc2ccc(F)cc2)c2ccccc2C12COc1cc3c(cc12)OCCO3. The van der Waals surface area contributed by atoms with Crippen LogP contribution in [0.1, 0.15) is 16.7 Å². The number of para-hydroxylation sites is 1. The van der Waals surface area contributed by atoms with Crippen LogP contribution in [0.3, 0.4) is 0 Å². The molecule has 1 spiro atoms. The molecule has 1 amide bonds. The molecule has 3 aromatic carbocycles. The Hall–Kier alpha value is -3.54. The van der Waals surface area contributed by atoms with Crippen molar-refractivity contribution in [2.45, 2.75) is 12.0 Å². The molecule has 0 radical (unpaired) electrons. The first-order valence-corrected chi connectivity index (χ1v) is 9.90. The van der Waals surface area contributed by atoms with Crippen molar-refractivity contribution >= 4 is 11.6 Å². The Balaban J connectivity index is 1.48. The number of anilines is 1. The molecule has 0 aliphatic carbocycles. The molecule has 3 aliphatic heterocycles. The Morgan fingerprint density at radius 2 is 1.60 bits per heavy atom. The molecule has 0 fully saturated rings. The molecule has 0 N–H and O–H groups in total. The standard InChI is InChI=1S/C24H18FNO4/c25-16-7-5-15(6-8-16)13-26-19-4-2-1-3-17(19)24(23(26)27)14-30-20-12-22-21(11-18(20)24)28-9-10-29-22/h1-8,11-12H,9-10,13-14H2. The number of amides is 1. The first-order valence-electron chi connectivity index (χ1n) is 9.90. The summed E-state index contributed by atoms with van der Waals surface area (Å²) in [6.07, 6.45) is 0. The summed E-state index contributed by atoms with van der Waals surface area (Å²) >= 11 is 0. The van der Waals surface area contributed by atoms with Crippen molar-refractivity contribution in [3.63, 3.8) is 0 Å². The highest BCUT2D eigenvalue weighted by molar-refractivity contribution is 6.11. The summed E-state index contributed by atoms with van der Waals surface area (Å²) in [4.78, 5) is 15.7. The molecule has 3 aromatic rings. The van der Waals surface area contributed by atoms with Crippen LogP contribution in [-0.4, -0.2) is 25.7 Å². The van der Waals surface area contributed by atoms with Crippen molar-refractivity contribution in [2.24, 2.45) is 0 Å². The minimum Gasteiger partial charge on any atom is -0.491 e. The van der Waals surface area contributed by atoms with Crippen LogP contribution in [0, 0.1) is 5.82 Å². The van der Waals surface area contributed by atoms with Gasteiger partial charge in [0.15, 0.2) is 11.5 Å². The lowest BCUT2D eigenvalue weighted by Crippen LogP contribution is -2.42. The van der Waals surface area contributed by atoms with E-state index in [9.17, 15) is 9.18 Å². The quantitative estimate of drug-likeness (QED) is 0.653. The molecule has 6 rings (SSSR count). The van der Waals surface area contributed by atoms with E-state index in [0.29, 0.717) is 37.0 Å². The Morgan fingerprint density at radius 1 is 0.867 bits per heavy atom. The maximum absolute atomic E-state index is 13.9. The lowest BCUT2D eigenvalue weighted by atomic mass is 9.77. The molecule has 30 heavy (non-hydrogen) atoms. The molecule has 3 aliphatic rings. The van der Waals surface area contributed by atoms with Gasteiger partial charge in [-0.05, 0) is 35.4 Å². The van der Waals surface area contributed by atoms with E-state index >= 15 is 0 Å².